The molecule has 0 aliphatic heterocycles. The molecule has 0 amide bonds. The third-order valence-corrected chi connectivity index (χ3v) is 4.21. The molecule has 0 fully saturated rings. The van der Waals surface area contributed by atoms with Gasteiger partial charge < -0.3 is 9.84 Å². The lowest BCUT2D eigenvalue weighted by Crippen LogP contribution is -2.19. The van der Waals surface area contributed by atoms with Gasteiger partial charge in [-0.05, 0) is 6.08 Å². The highest BCUT2D eigenvalue weighted by Crippen LogP contribution is 2.20. The molecule has 0 aliphatic rings. The Morgan fingerprint density at radius 2 is 2.25 bits per heavy atom. The molecule has 0 saturated heterocycles. The molecule has 1 heterocycles. The van der Waals surface area contributed by atoms with Gasteiger partial charge in [0.05, 0.1) is 19.3 Å². The summed E-state index contributed by atoms with van der Waals surface area (Å²) < 4.78 is 29.8. The van der Waals surface area contributed by atoms with Crippen LogP contribution in [0.4, 0.5) is 5.13 Å². The maximum absolute atomic E-state index is 11.6. The zero-order chi connectivity index (χ0) is 15.2. The average Bonchev–Trinajstić information content (AvgIpc) is 2.80. The average molecular weight is 320 g/mol. The highest BCUT2D eigenvalue weighted by Gasteiger charge is 2.15. The number of aromatic nitrogens is 1. The summed E-state index contributed by atoms with van der Waals surface area (Å²) in [7, 11) is -2.53. The molecule has 8 nitrogen and oxygen atoms in total. The molecular weight excluding hydrogens is 308 g/mol. The summed E-state index contributed by atoms with van der Waals surface area (Å²) in [6.45, 7) is 0. The minimum Gasteiger partial charge on any atom is -0.478 e. The van der Waals surface area contributed by atoms with Gasteiger partial charge >= 0.3 is 11.9 Å². The van der Waals surface area contributed by atoms with E-state index >= 15 is 0 Å². The zero-order valence-corrected chi connectivity index (χ0v) is 12.0. The van der Waals surface area contributed by atoms with Gasteiger partial charge in [-0.2, -0.15) is 0 Å². The van der Waals surface area contributed by atoms with Crippen LogP contribution < -0.4 is 4.72 Å². The number of esters is 1. The molecule has 0 saturated carbocycles. The molecule has 10 heteroatoms. The minimum atomic E-state index is -3.70. The Morgan fingerprint density at radius 1 is 1.55 bits per heavy atom. The fourth-order valence-electron chi connectivity index (χ4n) is 1.07. The van der Waals surface area contributed by atoms with Crippen LogP contribution in [0.5, 0.6) is 0 Å². The number of ether oxygens (including phenoxy) is 1. The van der Waals surface area contributed by atoms with Crippen molar-refractivity contribution in [2.45, 2.75) is 6.42 Å². The molecule has 0 aliphatic carbocycles. The molecule has 1 rings (SSSR count). The van der Waals surface area contributed by atoms with Crippen LogP contribution in [0.2, 0.25) is 0 Å². The quantitative estimate of drug-likeness (QED) is 0.555. The van der Waals surface area contributed by atoms with Crippen molar-refractivity contribution in [3.63, 3.8) is 0 Å². The fraction of sp³-hybridized carbons (Fsp3) is 0.300. The Bertz CT molecular complexity index is 619. The molecular formula is C10H12N2O6S2. The van der Waals surface area contributed by atoms with E-state index in [4.69, 9.17) is 5.11 Å². The maximum Gasteiger partial charge on any atom is 0.328 e. The van der Waals surface area contributed by atoms with Gasteiger partial charge in [0.1, 0.15) is 0 Å². The number of nitrogens with zero attached hydrogens (tertiary/aromatic N) is 1. The molecule has 0 aromatic carbocycles. The summed E-state index contributed by atoms with van der Waals surface area (Å²) in [6, 6.07) is 0. The van der Waals surface area contributed by atoms with Crippen LogP contribution >= 0.6 is 11.3 Å². The lowest BCUT2D eigenvalue weighted by molar-refractivity contribution is -0.140. The SMILES string of the molecule is COC(=O)CCS(=O)(=O)Nc1ncc(C=CC(=O)O)s1. The van der Waals surface area contributed by atoms with Crippen molar-refractivity contribution >= 4 is 44.5 Å². The fourth-order valence-corrected chi connectivity index (χ4v) is 3.04. The van der Waals surface area contributed by atoms with Crippen molar-refractivity contribution in [1.82, 2.24) is 4.98 Å². The second kappa shape index (κ2) is 7.01. The molecule has 110 valence electrons. The van der Waals surface area contributed by atoms with Crippen molar-refractivity contribution < 1.29 is 27.9 Å². The highest BCUT2D eigenvalue weighted by atomic mass is 32.2. The lowest BCUT2D eigenvalue weighted by atomic mass is 10.4. The smallest absolute Gasteiger partial charge is 0.328 e. The second-order valence-corrected chi connectivity index (χ2v) is 6.39. The van der Waals surface area contributed by atoms with E-state index in [9.17, 15) is 18.0 Å². The topological polar surface area (TPSA) is 123 Å². The minimum absolute atomic E-state index is 0.0971. The normalized spacial score (nSPS) is 11.4. The number of nitrogens with one attached hydrogen (secondary N) is 1. The van der Waals surface area contributed by atoms with Crippen molar-refractivity contribution in [2.75, 3.05) is 17.6 Å². The first kappa shape index (κ1) is 16.1. The van der Waals surface area contributed by atoms with Crippen molar-refractivity contribution in [3.8, 4) is 0 Å². The molecule has 1 aromatic heterocycles. The number of aliphatic carboxylic acids is 1. The van der Waals surface area contributed by atoms with Crippen LogP contribution in [0.1, 0.15) is 11.3 Å². The summed E-state index contributed by atoms with van der Waals surface area (Å²) in [5, 5.41) is 8.55. The molecule has 2 N–H and O–H groups in total. The Hall–Kier alpha value is -1.94. The van der Waals surface area contributed by atoms with Crippen LogP contribution in [0.25, 0.3) is 6.08 Å². The second-order valence-electron chi connectivity index (χ2n) is 3.49. The van der Waals surface area contributed by atoms with Crippen LogP contribution in [-0.2, 0) is 24.3 Å². The number of sulfonamides is 1. The first-order valence-corrected chi connectivity index (χ1v) is 7.73. The van der Waals surface area contributed by atoms with Gasteiger partial charge in [0.15, 0.2) is 5.13 Å². The number of carboxylic acids is 1. The highest BCUT2D eigenvalue weighted by molar-refractivity contribution is 7.92. The summed E-state index contributed by atoms with van der Waals surface area (Å²) in [6.07, 6.45) is 3.29. The van der Waals surface area contributed by atoms with E-state index in [1.54, 1.807) is 0 Å². The van der Waals surface area contributed by atoms with Gasteiger partial charge in [-0.25, -0.2) is 18.2 Å². The van der Waals surface area contributed by atoms with Gasteiger partial charge in [0.25, 0.3) is 0 Å². The first-order chi connectivity index (χ1) is 9.32. The number of anilines is 1. The first-order valence-electron chi connectivity index (χ1n) is 5.26. The Morgan fingerprint density at radius 3 is 2.85 bits per heavy atom. The molecule has 20 heavy (non-hydrogen) atoms. The molecule has 0 bridgehead atoms. The van der Waals surface area contributed by atoms with Crippen LogP contribution in [0.15, 0.2) is 12.3 Å². The van der Waals surface area contributed by atoms with Crippen LogP contribution in [0.3, 0.4) is 0 Å². The van der Waals surface area contributed by atoms with Crippen molar-refractivity contribution in [1.29, 1.82) is 0 Å². The van der Waals surface area contributed by atoms with Gasteiger partial charge in [-0.3, -0.25) is 9.52 Å². The standard InChI is InChI=1S/C10H12N2O6S2/c1-18-9(15)4-5-20(16,17)12-10-11-6-7(19-10)2-3-8(13)14/h2-3,6H,4-5H2,1H3,(H,11,12)(H,13,14). The van der Waals surface area contributed by atoms with E-state index in [2.05, 4.69) is 14.4 Å². The number of methoxy groups -OCH3 is 1. The molecule has 0 spiro atoms. The predicted octanol–water partition coefficient (Wildman–Crippen LogP) is 0.546. The van der Waals surface area contributed by atoms with Gasteiger partial charge in [-0.1, -0.05) is 11.3 Å². The number of thiazole rings is 1. The Labute approximate surface area is 119 Å². The number of carbonyl (C=O) groups is 2. The molecule has 0 radical (unpaired) electrons. The van der Waals surface area contributed by atoms with Gasteiger partial charge in [-0.15, -0.1) is 0 Å². The summed E-state index contributed by atoms with van der Waals surface area (Å²) in [5.41, 5.74) is 0. The van der Waals surface area contributed by atoms with E-state index in [1.165, 1.54) is 19.4 Å². The molecule has 0 unspecified atom stereocenters. The van der Waals surface area contributed by atoms with E-state index < -0.39 is 27.7 Å². The van der Waals surface area contributed by atoms with E-state index in [-0.39, 0.29) is 11.6 Å². The number of carbonyl (C=O) groups excluding carboxylic acids is 1. The Kier molecular flexibility index (Phi) is 5.65. The lowest BCUT2D eigenvalue weighted by Gasteiger charge is -2.03. The van der Waals surface area contributed by atoms with Crippen LogP contribution in [0, 0.1) is 0 Å². The summed E-state index contributed by atoms with van der Waals surface area (Å²) in [4.78, 5) is 25.5. The summed E-state index contributed by atoms with van der Waals surface area (Å²) >= 11 is 0.974. The predicted molar refractivity (Wildman–Crippen MR) is 72.8 cm³/mol. The number of rotatable bonds is 7. The molecule has 0 atom stereocenters. The van der Waals surface area contributed by atoms with Crippen LogP contribution in [-0.4, -0.2) is 43.3 Å². The number of hydrogen-bond acceptors (Lipinski definition) is 7. The monoisotopic (exact) mass is 320 g/mol. The summed E-state index contributed by atoms with van der Waals surface area (Å²) in [5.74, 6) is -2.15. The van der Waals surface area contributed by atoms with Crippen molar-refractivity contribution in [2.24, 2.45) is 0 Å². The van der Waals surface area contributed by atoms with E-state index in [0.717, 1.165) is 17.4 Å². The van der Waals surface area contributed by atoms with Gasteiger partial charge in [0.2, 0.25) is 10.0 Å². The van der Waals surface area contributed by atoms with E-state index in [1.807, 2.05) is 0 Å². The molecule has 1 aromatic rings. The third kappa shape index (κ3) is 5.80. The number of carboxylic acid groups (broad SMARTS) is 1. The van der Waals surface area contributed by atoms with Gasteiger partial charge in [0, 0.05) is 17.2 Å². The largest absolute Gasteiger partial charge is 0.478 e. The Balaban J connectivity index is 2.64. The number of hydrogen-bond donors (Lipinski definition) is 2. The van der Waals surface area contributed by atoms with E-state index in [0.29, 0.717) is 4.88 Å². The zero-order valence-electron chi connectivity index (χ0n) is 10.4. The third-order valence-electron chi connectivity index (χ3n) is 1.96. The van der Waals surface area contributed by atoms with Crippen molar-refractivity contribution in [3.05, 3.63) is 17.2 Å². The maximum atomic E-state index is 11.6.